The Labute approximate surface area is 154 Å². The van der Waals surface area contributed by atoms with E-state index in [1.54, 1.807) is 12.1 Å². The lowest BCUT2D eigenvalue weighted by Crippen LogP contribution is -2.44. The highest BCUT2D eigenvalue weighted by Gasteiger charge is 2.34. The number of aryl methyl sites for hydroxylation is 2. The predicted molar refractivity (Wildman–Crippen MR) is 101 cm³/mol. The molecular formula is C22H26FNO2. The van der Waals surface area contributed by atoms with Crippen molar-refractivity contribution >= 4 is 5.91 Å². The summed E-state index contributed by atoms with van der Waals surface area (Å²) in [5.74, 6) is -0.218. The predicted octanol–water partition coefficient (Wildman–Crippen LogP) is 3.93. The number of rotatable bonds is 6. The molecule has 0 unspecified atom stereocenters. The van der Waals surface area contributed by atoms with E-state index in [0.29, 0.717) is 19.4 Å². The fourth-order valence-electron chi connectivity index (χ4n) is 3.50. The van der Waals surface area contributed by atoms with Crippen molar-refractivity contribution in [3.8, 4) is 0 Å². The maximum atomic E-state index is 13.0. The lowest BCUT2D eigenvalue weighted by molar-refractivity contribution is -0.121. The van der Waals surface area contributed by atoms with E-state index in [9.17, 15) is 9.18 Å². The van der Waals surface area contributed by atoms with Crippen LogP contribution in [-0.2, 0) is 21.4 Å². The van der Waals surface area contributed by atoms with Gasteiger partial charge in [-0.15, -0.1) is 0 Å². The molecule has 138 valence electrons. The van der Waals surface area contributed by atoms with Gasteiger partial charge in [-0.25, -0.2) is 4.39 Å². The Bertz CT molecular complexity index is 719. The summed E-state index contributed by atoms with van der Waals surface area (Å²) in [6, 6.07) is 14.9. The van der Waals surface area contributed by atoms with Gasteiger partial charge in [-0.05, 0) is 49.4 Å². The van der Waals surface area contributed by atoms with Crippen molar-refractivity contribution in [3.05, 3.63) is 71.0 Å². The van der Waals surface area contributed by atoms with Crippen molar-refractivity contribution in [1.29, 1.82) is 0 Å². The van der Waals surface area contributed by atoms with Crippen LogP contribution < -0.4 is 5.32 Å². The average Bonchev–Trinajstić information content (AvgIpc) is 2.67. The van der Waals surface area contributed by atoms with E-state index in [4.69, 9.17) is 4.74 Å². The zero-order valence-electron chi connectivity index (χ0n) is 15.3. The molecule has 0 atom stereocenters. The Morgan fingerprint density at radius 1 is 1.08 bits per heavy atom. The van der Waals surface area contributed by atoms with Gasteiger partial charge in [0.2, 0.25) is 5.91 Å². The lowest BCUT2D eigenvalue weighted by atomic mass is 9.74. The molecule has 2 aromatic rings. The van der Waals surface area contributed by atoms with Crippen molar-refractivity contribution in [2.45, 2.75) is 38.0 Å². The van der Waals surface area contributed by atoms with Gasteiger partial charge in [-0.2, -0.15) is 0 Å². The molecular weight excluding hydrogens is 329 g/mol. The van der Waals surface area contributed by atoms with Gasteiger partial charge in [0.05, 0.1) is 0 Å². The first kappa shape index (κ1) is 18.6. The van der Waals surface area contributed by atoms with Gasteiger partial charge in [-0.3, -0.25) is 4.79 Å². The third kappa shape index (κ3) is 4.70. The molecule has 26 heavy (non-hydrogen) atoms. The molecule has 1 N–H and O–H groups in total. The van der Waals surface area contributed by atoms with Gasteiger partial charge in [0, 0.05) is 31.6 Å². The minimum Gasteiger partial charge on any atom is -0.381 e. The molecule has 0 spiro atoms. The number of ether oxygens (including phenoxy) is 1. The fraction of sp³-hybridized carbons (Fsp3) is 0.409. The number of carbonyl (C=O) groups excluding carboxylic acids is 1. The number of hydrogen-bond acceptors (Lipinski definition) is 2. The molecule has 0 aliphatic carbocycles. The highest BCUT2D eigenvalue weighted by molar-refractivity contribution is 5.76. The smallest absolute Gasteiger partial charge is 0.220 e. The van der Waals surface area contributed by atoms with E-state index in [1.807, 2.05) is 0 Å². The first-order chi connectivity index (χ1) is 12.6. The first-order valence-corrected chi connectivity index (χ1v) is 9.23. The van der Waals surface area contributed by atoms with Gasteiger partial charge < -0.3 is 10.1 Å². The summed E-state index contributed by atoms with van der Waals surface area (Å²) in [6.45, 7) is 4.15. The quantitative estimate of drug-likeness (QED) is 0.853. The number of amides is 1. The standard InChI is InChI=1S/C22H26FNO2/c1-17-2-7-19(8-3-17)22(12-14-26-15-13-22)16-24-21(25)11-6-18-4-9-20(23)10-5-18/h2-5,7-10H,6,11-16H2,1H3,(H,24,25). The van der Waals surface area contributed by atoms with Crippen LogP contribution in [0.4, 0.5) is 4.39 Å². The Morgan fingerprint density at radius 3 is 2.38 bits per heavy atom. The monoisotopic (exact) mass is 355 g/mol. The summed E-state index contributed by atoms with van der Waals surface area (Å²) in [7, 11) is 0. The van der Waals surface area contributed by atoms with Gasteiger partial charge in [0.1, 0.15) is 5.82 Å². The van der Waals surface area contributed by atoms with Crippen LogP contribution in [0.15, 0.2) is 48.5 Å². The van der Waals surface area contributed by atoms with E-state index in [-0.39, 0.29) is 17.1 Å². The van der Waals surface area contributed by atoms with Crippen LogP contribution in [0, 0.1) is 12.7 Å². The van der Waals surface area contributed by atoms with Crippen LogP contribution in [-0.4, -0.2) is 25.7 Å². The van der Waals surface area contributed by atoms with Crippen LogP contribution in [0.3, 0.4) is 0 Å². The van der Waals surface area contributed by atoms with Crippen LogP contribution >= 0.6 is 0 Å². The van der Waals surface area contributed by atoms with Crippen LogP contribution in [0.25, 0.3) is 0 Å². The molecule has 0 bridgehead atoms. The van der Waals surface area contributed by atoms with Gasteiger partial charge in [0.25, 0.3) is 0 Å². The number of nitrogens with one attached hydrogen (secondary N) is 1. The molecule has 3 nitrogen and oxygen atoms in total. The molecule has 4 heteroatoms. The zero-order chi connectivity index (χ0) is 18.4. The van der Waals surface area contributed by atoms with E-state index in [2.05, 4.69) is 36.5 Å². The molecule has 1 aliphatic rings. The summed E-state index contributed by atoms with van der Waals surface area (Å²) in [5.41, 5.74) is 3.42. The number of benzene rings is 2. The normalized spacial score (nSPS) is 16.2. The molecule has 1 saturated heterocycles. The van der Waals surface area contributed by atoms with E-state index < -0.39 is 0 Å². The average molecular weight is 355 g/mol. The highest BCUT2D eigenvalue weighted by atomic mass is 19.1. The number of halogens is 1. The minimum atomic E-state index is -0.252. The molecule has 1 fully saturated rings. The molecule has 1 aliphatic heterocycles. The fourth-order valence-corrected chi connectivity index (χ4v) is 3.50. The van der Waals surface area contributed by atoms with Crippen molar-refractivity contribution in [2.24, 2.45) is 0 Å². The number of hydrogen-bond donors (Lipinski definition) is 1. The lowest BCUT2D eigenvalue weighted by Gasteiger charge is -2.38. The molecule has 0 radical (unpaired) electrons. The maximum absolute atomic E-state index is 13.0. The highest BCUT2D eigenvalue weighted by Crippen LogP contribution is 2.34. The van der Waals surface area contributed by atoms with E-state index in [0.717, 1.165) is 31.6 Å². The molecule has 2 aromatic carbocycles. The van der Waals surface area contributed by atoms with Crippen LogP contribution in [0.1, 0.15) is 36.0 Å². The number of carbonyl (C=O) groups is 1. The third-order valence-corrected chi connectivity index (χ3v) is 5.29. The first-order valence-electron chi connectivity index (χ1n) is 9.23. The summed E-state index contributed by atoms with van der Waals surface area (Å²) in [6.07, 6.45) is 2.85. The largest absolute Gasteiger partial charge is 0.381 e. The topological polar surface area (TPSA) is 38.3 Å². The summed E-state index contributed by atoms with van der Waals surface area (Å²) >= 11 is 0. The second-order valence-corrected chi connectivity index (χ2v) is 7.16. The Kier molecular flexibility index (Phi) is 6.04. The SMILES string of the molecule is Cc1ccc(C2(CNC(=O)CCc3ccc(F)cc3)CCOCC2)cc1. The van der Waals surface area contributed by atoms with Gasteiger partial charge in [-0.1, -0.05) is 42.0 Å². The minimum absolute atomic E-state index is 0.0345. The van der Waals surface area contributed by atoms with Crippen molar-refractivity contribution in [2.75, 3.05) is 19.8 Å². The second-order valence-electron chi connectivity index (χ2n) is 7.16. The Balaban J connectivity index is 1.59. The third-order valence-electron chi connectivity index (χ3n) is 5.29. The Hall–Kier alpha value is -2.20. The van der Waals surface area contributed by atoms with Crippen LogP contribution in [0.5, 0.6) is 0 Å². The van der Waals surface area contributed by atoms with Crippen molar-refractivity contribution < 1.29 is 13.9 Å². The van der Waals surface area contributed by atoms with Gasteiger partial charge >= 0.3 is 0 Å². The zero-order valence-corrected chi connectivity index (χ0v) is 15.3. The molecule has 0 saturated carbocycles. The summed E-state index contributed by atoms with van der Waals surface area (Å²) < 4.78 is 18.5. The molecule has 1 heterocycles. The van der Waals surface area contributed by atoms with E-state index in [1.165, 1.54) is 23.3 Å². The maximum Gasteiger partial charge on any atom is 0.220 e. The molecule has 0 aromatic heterocycles. The second kappa shape index (κ2) is 8.45. The summed E-state index contributed by atoms with van der Waals surface area (Å²) in [4.78, 5) is 12.3. The Morgan fingerprint density at radius 2 is 1.73 bits per heavy atom. The van der Waals surface area contributed by atoms with Crippen molar-refractivity contribution in [3.63, 3.8) is 0 Å². The van der Waals surface area contributed by atoms with Crippen LogP contribution in [0.2, 0.25) is 0 Å². The van der Waals surface area contributed by atoms with E-state index >= 15 is 0 Å². The van der Waals surface area contributed by atoms with Crippen molar-refractivity contribution in [1.82, 2.24) is 5.32 Å². The molecule has 3 rings (SSSR count). The summed E-state index contributed by atoms with van der Waals surface area (Å²) in [5, 5.41) is 3.12. The molecule has 1 amide bonds. The van der Waals surface area contributed by atoms with Gasteiger partial charge in [0.15, 0.2) is 0 Å².